The van der Waals surface area contributed by atoms with Gasteiger partial charge >= 0.3 is 0 Å². The van der Waals surface area contributed by atoms with Crippen LogP contribution in [0, 0.1) is 5.92 Å². The van der Waals surface area contributed by atoms with Crippen LogP contribution in [-0.4, -0.2) is 51.4 Å². The van der Waals surface area contributed by atoms with Gasteiger partial charge in [0.1, 0.15) is 11.4 Å². The van der Waals surface area contributed by atoms with Gasteiger partial charge in [0.15, 0.2) is 5.17 Å². The van der Waals surface area contributed by atoms with Crippen LogP contribution in [0.25, 0.3) is 23.0 Å². The predicted molar refractivity (Wildman–Crippen MR) is 147 cm³/mol. The number of likely N-dealkylation sites (tertiary alicyclic amines) is 1. The van der Waals surface area contributed by atoms with Crippen LogP contribution in [0.5, 0.6) is 5.75 Å². The summed E-state index contributed by atoms with van der Waals surface area (Å²) < 4.78 is 7.36. The zero-order valence-corrected chi connectivity index (χ0v) is 21.8. The molecule has 0 atom stereocenters. The number of aromatic nitrogens is 2. The molecule has 2 amide bonds. The minimum Gasteiger partial charge on any atom is -0.492 e. The molecule has 2 N–H and O–H groups in total. The Hall–Kier alpha value is -3.56. The normalized spacial score (nSPS) is 17.4. The molecule has 0 saturated carbocycles. The topological polar surface area (TPSA) is 103 Å². The van der Waals surface area contributed by atoms with Gasteiger partial charge in [-0.25, -0.2) is 4.68 Å². The standard InChI is InChI=1S/C27H26ClN5O3S/c1-2-36-22-9-8-18(14-21(22)28)24-19(16-33(31-24)20-6-4-3-5-7-20)15-23-26(35)30-27(37-23)32-12-10-17(11-13-32)25(29)34/h3-9,14-17H,2,10-13H2,1H3,(H2,29,34)/b23-15-. The van der Waals surface area contributed by atoms with Gasteiger partial charge < -0.3 is 15.4 Å². The first kappa shape index (κ1) is 25.1. The van der Waals surface area contributed by atoms with Gasteiger partial charge in [0, 0.05) is 36.3 Å². The maximum absolute atomic E-state index is 12.9. The number of thioether (sulfide) groups is 1. The molecule has 3 aromatic rings. The number of nitrogens with zero attached hydrogens (tertiary/aromatic N) is 4. The smallest absolute Gasteiger partial charge is 0.286 e. The van der Waals surface area contributed by atoms with Crippen molar-refractivity contribution in [1.82, 2.24) is 14.7 Å². The third kappa shape index (κ3) is 5.42. The summed E-state index contributed by atoms with van der Waals surface area (Å²) >= 11 is 7.82. The van der Waals surface area contributed by atoms with E-state index in [4.69, 9.17) is 27.2 Å². The molecule has 190 valence electrons. The van der Waals surface area contributed by atoms with E-state index in [1.54, 1.807) is 4.68 Å². The van der Waals surface area contributed by atoms with Gasteiger partial charge in [-0.1, -0.05) is 29.8 Å². The highest BCUT2D eigenvalue weighted by Gasteiger charge is 2.31. The van der Waals surface area contributed by atoms with E-state index in [2.05, 4.69) is 4.99 Å². The number of nitrogens with two attached hydrogens (primary N) is 1. The molecular formula is C27H26ClN5O3S. The number of primary amides is 1. The molecule has 2 aliphatic heterocycles. The SMILES string of the molecule is CCOc1ccc(-c2nn(-c3ccccc3)cc2/C=C2\SC(N3CCC(C(N)=O)CC3)=NC2=O)cc1Cl. The number of benzene rings is 2. The van der Waals surface area contributed by atoms with Gasteiger partial charge in [-0.3, -0.25) is 9.59 Å². The Kier molecular flexibility index (Phi) is 7.34. The van der Waals surface area contributed by atoms with Crippen molar-refractivity contribution in [3.8, 4) is 22.7 Å². The van der Waals surface area contributed by atoms with E-state index in [0.717, 1.165) is 16.8 Å². The molecule has 5 rings (SSSR count). The molecule has 3 heterocycles. The van der Waals surface area contributed by atoms with E-state index in [9.17, 15) is 9.59 Å². The average molecular weight is 536 g/mol. The molecule has 1 fully saturated rings. The summed E-state index contributed by atoms with van der Waals surface area (Å²) in [6, 6.07) is 15.3. The molecule has 0 bridgehead atoms. The lowest BCUT2D eigenvalue weighted by Crippen LogP contribution is -2.40. The van der Waals surface area contributed by atoms with Crippen molar-refractivity contribution in [3.63, 3.8) is 0 Å². The zero-order valence-electron chi connectivity index (χ0n) is 20.3. The van der Waals surface area contributed by atoms with Crippen LogP contribution in [0.4, 0.5) is 0 Å². The first-order chi connectivity index (χ1) is 17.9. The molecule has 2 aromatic carbocycles. The van der Waals surface area contributed by atoms with Crippen molar-refractivity contribution >= 4 is 46.4 Å². The van der Waals surface area contributed by atoms with Crippen molar-refractivity contribution in [2.24, 2.45) is 16.6 Å². The highest BCUT2D eigenvalue weighted by molar-refractivity contribution is 8.18. The molecule has 37 heavy (non-hydrogen) atoms. The van der Waals surface area contributed by atoms with Crippen molar-refractivity contribution in [2.45, 2.75) is 19.8 Å². The summed E-state index contributed by atoms with van der Waals surface area (Å²) in [4.78, 5) is 31.2. The zero-order chi connectivity index (χ0) is 25.9. The monoisotopic (exact) mass is 535 g/mol. The number of amidine groups is 1. The van der Waals surface area contributed by atoms with Crippen LogP contribution in [0.1, 0.15) is 25.3 Å². The molecule has 0 aliphatic carbocycles. The van der Waals surface area contributed by atoms with E-state index >= 15 is 0 Å². The van der Waals surface area contributed by atoms with E-state index in [0.29, 0.717) is 59.1 Å². The fraction of sp³-hybridized carbons (Fsp3) is 0.259. The number of carbonyl (C=O) groups is 2. The number of piperidine rings is 1. The number of rotatable bonds is 6. The lowest BCUT2D eigenvalue weighted by atomic mass is 9.97. The van der Waals surface area contributed by atoms with Crippen LogP contribution >= 0.6 is 23.4 Å². The molecular weight excluding hydrogens is 510 g/mol. The minimum atomic E-state index is -0.292. The third-order valence-corrected chi connectivity index (χ3v) is 7.67. The molecule has 10 heteroatoms. The number of ether oxygens (including phenoxy) is 1. The second-order valence-electron chi connectivity index (χ2n) is 8.77. The summed E-state index contributed by atoms with van der Waals surface area (Å²) in [7, 11) is 0. The number of halogens is 1. The largest absolute Gasteiger partial charge is 0.492 e. The average Bonchev–Trinajstić information content (AvgIpc) is 3.50. The Morgan fingerprint density at radius 1 is 1.22 bits per heavy atom. The molecule has 1 saturated heterocycles. The first-order valence-corrected chi connectivity index (χ1v) is 13.3. The Morgan fingerprint density at radius 2 is 1.97 bits per heavy atom. The molecule has 0 unspecified atom stereocenters. The first-order valence-electron chi connectivity index (χ1n) is 12.1. The highest BCUT2D eigenvalue weighted by Crippen LogP contribution is 2.36. The second-order valence-corrected chi connectivity index (χ2v) is 10.2. The van der Waals surface area contributed by atoms with E-state index in [-0.39, 0.29) is 17.7 Å². The summed E-state index contributed by atoms with van der Waals surface area (Å²) in [6.45, 7) is 3.70. The predicted octanol–water partition coefficient (Wildman–Crippen LogP) is 4.76. The third-order valence-electron chi connectivity index (χ3n) is 6.33. The molecule has 0 radical (unpaired) electrons. The lowest BCUT2D eigenvalue weighted by Gasteiger charge is -2.31. The number of hydrogen-bond donors (Lipinski definition) is 1. The molecule has 1 aromatic heterocycles. The summed E-state index contributed by atoms with van der Waals surface area (Å²) in [6.07, 6.45) is 5.04. The number of amides is 2. The minimum absolute atomic E-state index is 0.124. The van der Waals surface area contributed by atoms with Gasteiger partial charge in [-0.05, 0) is 67.9 Å². The van der Waals surface area contributed by atoms with E-state index in [1.165, 1.54) is 11.8 Å². The molecule has 2 aliphatic rings. The van der Waals surface area contributed by atoms with Crippen LogP contribution < -0.4 is 10.5 Å². The number of carbonyl (C=O) groups excluding carboxylic acids is 2. The van der Waals surface area contributed by atoms with E-state index in [1.807, 2.05) is 72.6 Å². The number of aliphatic imine (C=N–C) groups is 1. The maximum atomic E-state index is 12.9. The van der Waals surface area contributed by atoms with Crippen molar-refractivity contribution in [2.75, 3.05) is 19.7 Å². The van der Waals surface area contributed by atoms with Gasteiger partial charge in [-0.15, -0.1) is 0 Å². The highest BCUT2D eigenvalue weighted by atomic mass is 35.5. The fourth-order valence-corrected chi connectivity index (χ4v) is 5.57. The number of hydrogen-bond acceptors (Lipinski definition) is 6. The Labute approximate surface area is 224 Å². The Balaban J connectivity index is 1.45. The van der Waals surface area contributed by atoms with Gasteiger partial charge in [-0.2, -0.15) is 10.1 Å². The fourth-order valence-electron chi connectivity index (χ4n) is 4.38. The summed E-state index contributed by atoms with van der Waals surface area (Å²) in [5.41, 5.74) is 8.61. The van der Waals surface area contributed by atoms with Crippen LogP contribution in [0.3, 0.4) is 0 Å². The summed E-state index contributed by atoms with van der Waals surface area (Å²) in [5.74, 6) is -0.0777. The van der Waals surface area contributed by atoms with E-state index < -0.39 is 0 Å². The molecule has 0 spiro atoms. The van der Waals surface area contributed by atoms with Crippen molar-refractivity contribution in [3.05, 3.63) is 70.2 Å². The van der Waals surface area contributed by atoms with Gasteiger partial charge in [0.2, 0.25) is 5.91 Å². The second kappa shape index (κ2) is 10.8. The van der Waals surface area contributed by atoms with Gasteiger partial charge in [0.05, 0.1) is 22.2 Å². The van der Waals surface area contributed by atoms with Crippen molar-refractivity contribution in [1.29, 1.82) is 0 Å². The quantitative estimate of drug-likeness (QED) is 0.456. The lowest BCUT2D eigenvalue weighted by molar-refractivity contribution is -0.123. The maximum Gasteiger partial charge on any atom is 0.286 e. The van der Waals surface area contributed by atoms with Crippen LogP contribution in [0.2, 0.25) is 5.02 Å². The Morgan fingerprint density at radius 3 is 2.65 bits per heavy atom. The number of para-hydroxylation sites is 1. The van der Waals surface area contributed by atoms with Crippen LogP contribution in [0.15, 0.2) is 64.6 Å². The van der Waals surface area contributed by atoms with Gasteiger partial charge in [0.25, 0.3) is 5.91 Å². The van der Waals surface area contributed by atoms with Crippen molar-refractivity contribution < 1.29 is 14.3 Å². The molecule has 8 nitrogen and oxygen atoms in total. The Bertz CT molecular complexity index is 1390. The summed E-state index contributed by atoms with van der Waals surface area (Å²) in [5, 5.41) is 5.97. The van der Waals surface area contributed by atoms with Crippen LogP contribution in [-0.2, 0) is 9.59 Å².